The second-order valence-corrected chi connectivity index (χ2v) is 10.8. The molecule has 0 saturated heterocycles. The first kappa shape index (κ1) is 32.4. The third-order valence-corrected chi connectivity index (χ3v) is 5.39. The largest absolute Gasteiger partial charge is 0.480 e. The van der Waals surface area contributed by atoms with Gasteiger partial charge in [0.1, 0.15) is 23.7 Å². The van der Waals surface area contributed by atoms with E-state index in [-0.39, 0.29) is 37.5 Å². The molecule has 1 aromatic rings. The Labute approximate surface area is 224 Å². The van der Waals surface area contributed by atoms with Crippen molar-refractivity contribution in [1.82, 2.24) is 20.9 Å². The standard InChI is InChI=1S/C27H42N4O7/c1-17(2)15-20(30-26(37)38-27(3,4)5)23(33)29-21(16-18-11-9-8-10-12-18)24(34)28-19(25(35)36)13-14-22(32)31(6)7/h8-12,17,19-21H,13-16H2,1-7H3,(H,28,34)(H,29,33)(H,30,37)(H,35,36)/t19-,20-,21-/m0/s1. The van der Waals surface area contributed by atoms with Crippen molar-refractivity contribution in [3.8, 4) is 0 Å². The zero-order valence-electron chi connectivity index (χ0n) is 23.4. The molecule has 0 bridgehead atoms. The molecule has 0 aliphatic rings. The van der Waals surface area contributed by atoms with Gasteiger partial charge in [-0.2, -0.15) is 0 Å². The molecule has 4 amide bonds. The summed E-state index contributed by atoms with van der Waals surface area (Å²) in [4.78, 5) is 63.9. The average molecular weight is 535 g/mol. The number of nitrogens with zero attached hydrogens (tertiary/aromatic N) is 1. The van der Waals surface area contributed by atoms with E-state index < -0.39 is 47.6 Å². The first-order chi connectivity index (χ1) is 17.6. The van der Waals surface area contributed by atoms with E-state index in [1.807, 2.05) is 19.9 Å². The van der Waals surface area contributed by atoms with Crippen molar-refractivity contribution in [3.05, 3.63) is 35.9 Å². The van der Waals surface area contributed by atoms with Crippen molar-refractivity contribution in [1.29, 1.82) is 0 Å². The molecule has 38 heavy (non-hydrogen) atoms. The summed E-state index contributed by atoms with van der Waals surface area (Å²) in [6, 6.07) is 5.49. The normalized spacial score (nSPS) is 13.6. The maximum Gasteiger partial charge on any atom is 0.408 e. The van der Waals surface area contributed by atoms with Gasteiger partial charge in [0.15, 0.2) is 0 Å². The van der Waals surface area contributed by atoms with Gasteiger partial charge < -0.3 is 30.7 Å². The molecule has 1 rings (SSSR count). The second-order valence-electron chi connectivity index (χ2n) is 10.8. The molecule has 212 valence electrons. The quantitative estimate of drug-likeness (QED) is 0.302. The van der Waals surface area contributed by atoms with Crippen LogP contribution in [0, 0.1) is 5.92 Å². The van der Waals surface area contributed by atoms with Gasteiger partial charge in [0.2, 0.25) is 17.7 Å². The number of carboxylic acids is 1. The smallest absolute Gasteiger partial charge is 0.408 e. The summed E-state index contributed by atoms with van der Waals surface area (Å²) in [6.45, 7) is 8.88. The maximum atomic E-state index is 13.3. The molecule has 11 nitrogen and oxygen atoms in total. The summed E-state index contributed by atoms with van der Waals surface area (Å²) in [5.74, 6) is -2.85. The van der Waals surface area contributed by atoms with Gasteiger partial charge in [0, 0.05) is 26.9 Å². The minimum absolute atomic E-state index is 0.0349. The molecule has 1 aromatic carbocycles. The van der Waals surface area contributed by atoms with Crippen molar-refractivity contribution in [2.24, 2.45) is 5.92 Å². The summed E-state index contributed by atoms with van der Waals surface area (Å²) >= 11 is 0. The van der Waals surface area contributed by atoms with Crippen molar-refractivity contribution in [3.63, 3.8) is 0 Å². The molecule has 0 radical (unpaired) electrons. The second kappa shape index (κ2) is 14.9. The number of carbonyl (C=O) groups is 5. The van der Waals surface area contributed by atoms with Gasteiger partial charge in [-0.05, 0) is 45.1 Å². The number of hydrogen-bond donors (Lipinski definition) is 4. The molecule has 11 heteroatoms. The predicted octanol–water partition coefficient (Wildman–Crippen LogP) is 2.09. The highest BCUT2D eigenvalue weighted by Gasteiger charge is 2.31. The van der Waals surface area contributed by atoms with Gasteiger partial charge in [-0.3, -0.25) is 14.4 Å². The van der Waals surface area contributed by atoms with E-state index in [1.54, 1.807) is 59.1 Å². The highest BCUT2D eigenvalue weighted by Crippen LogP contribution is 2.11. The van der Waals surface area contributed by atoms with Crippen LogP contribution in [0.15, 0.2) is 30.3 Å². The molecule has 0 aliphatic carbocycles. The SMILES string of the molecule is CC(C)C[C@H](NC(=O)OC(C)(C)C)C(=O)N[C@@H](Cc1ccccc1)C(=O)N[C@@H](CCC(=O)N(C)C)C(=O)O. The fourth-order valence-electron chi connectivity index (χ4n) is 3.51. The van der Waals surface area contributed by atoms with Crippen LogP contribution in [0.1, 0.15) is 59.4 Å². The molecular formula is C27H42N4O7. The summed E-state index contributed by atoms with van der Waals surface area (Å²) in [5.41, 5.74) is -0.0264. The van der Waals surface area contributed by atoms with Gasteiger partial charge in [0.25, 0.3) is 0 Å². The Morgan fingerprint density at radius 1 is 0.895 bits per heavy atom. The van der Waals surface area contributed by atoms with Crippen LogP contribution in [-0.2, 0) is 30.3 Å². The number of carboxylic acid groups (broad SMARTS) is 1. The molecule has 0 aromatic heterocycles. The molecule has 0 saturated carbocycles. The molecule has 0 spiro atoms. The molecular weight excluding hydrogens is 492 g/mol. The molecule has 0 fully saturated rings. The van der Waals surface area contributed by atoms with Crippen LogP contribution in [0.2, 0.25) is 0 Å². The van der Waals surface area contributed by atoms with E-state index in [4.69, 9.17) is 4.74 Å². The number of benzene rings is 1. The Hall–Kier alpha value is -3.63. The zero-order chi connectivity index (χ0) is 29.0. The number of hydrogen-bond acceptors (Lipinski definition) is 6. The van der Waals surface area contributed by atoms with Crippen LogP contribution in [-0.4, -0.2) is 77.6 Å². The lowest BCUT2D eigenvalue weighted by Crippen LogP contribution is -2.57. The Balaban J connectivity index is 3.11. The number of carbonyl (C=O) groups excluding carboxylic acids is 4. The van der Waals surface area contributed by atoms with Crippen molar-refractivity contribution in [2.75, 3.05) is 14.1 Å². The number of aliphatic carboxylic acids is 1. The van der Waals surface area contributed by atoms with Gasteiger partial charge >= 0.3 is 12.1 Å². The van der Waals surface area contributed by atoms with Gasteiger partial charge in [-0.25, -0.2) is 9.59 Å². The van der Waals surface area contributed by atoms with Gasteiger partial charge in [0.05, 0.1) is 0 Å². The Morgan fingerprint density at radius 2 is 1.45 bits per heavy atom. The molecule has 0 heterocycles. The number of alkyl carbamates (subject to hydrolysis) is 1. The third kappa shape index (κ3) is 12.6. The number of nitrogens with one attached hydrogen (secondary N) is 3. The lowest BCUT2D eigenvalue weighted by molar-refractivity contribution is -0.142. The van der Waals surface area contributed by atoms with Crippen LogP contribution in [0.25, 0.3) is 0 Å². The minimum atomic E-state index is -1.33. The van der Waals surface area contributed by atoms with Gasteiger partial charge in [-0.1, -0.05) is 44.2 Å². The first-order valence-electron chi connectivity index (χ1n) is 12.7. The summed E-state index contributed by atoms with van der Waals surface area (Å²) in [7, 11) is 3.11. The monoisotopic (exact) mass is 534 g/mol. The van der Waals surface area contributed by atoms with E-state index in [0.717, 1.165) is 5.56 Å². The lowest BCUT2D eigenvalue weighted by Gasteiger charge is -2.27. The van der Waals surface area contributed by atoms with Crippen molar-refractivity contribution >= 4 is 29.8 Å². The fourth-order valence-corrected chi connectivity index (χ4v) is 3.51. The van der Waals surface area contributed by atoms with Crippen LogP contribution in [0.5, 0.6) is 0 Å². The average Bonchev–Trinajstić information content (AvgIpc) is 2.79. The number of amides is 4. The van der Waals surface area contributed by atoms with Crippen LogP contribution < -0.4 is 16.0 Å². The topological polar surface area (TPSA) is 154 Å². The summed E-state index contributed by atoms with van der Waals surface area (Å²) < 4.78 is 5.28. The maximum absolute atomic E-state index is 13.3. The van der Waals surface area contributed by atoms with E-state index in [9.17, 15) is 29.1 Å². The van der Waals surface area contributed by atoms with Crippen LogP contribution >= 0.6 is 0 Å². The zero-order valence-corrected chi connectivity index (χ0v) is 23.4. The summed E-state index contributed by atoms with van der Waals surface area (Å²) in [6.07, 6.45) is -0.577. The molecule has 0 unspecified atom stereocenters. The Kier molecular flexibility index (Phi) is 12.7. The molecule has 3 atom stereocenters. The van der Waals surface area contributed by atoms with Gasteiger partial charge in [-0.15, -0.1) is 0 Å². The minimum Gasteiger partial charge on any atom is -0.480 e. The van der Waals surface area contributed by atoms with E-state index in [2.05, 4.69) is 16.0 Å². The van der Waals surface area contributed by atoms with Crippen molar-refractivity contribution in [2.45, 2.75) is 84.0 Å². The van der Waals surface area contributed by atoms with E-state index in [1.165, 1.54) is 4.90 Å². The lowest BCUT2D eigenvalue weighted by atomic mass is 10.0. The Morgan fingerprint density at radius 3 is 1.95 bits per heavy atom. The Bertz CT molecular complexity index is 958. The van der Waals surface area contributed by atoms with E-state index in [0.29, 0.717) is 0 Å². The van der Waals surface area contributed by atoms with E-state index >= 15 is 0 Å². The predicted molar refractivity (Wildman–Crippen MR) is 142 cm³/mol. The molecule has 4 N–H and O–H groups in total. The summed E-state index contributed by atoms with van der Waals surface area (Å²) in [5, 5.41) is 17.3. The number of rotatable bonds is 13. The molecule has 0 aliphatic heterocycles. The van der Waals surface area contributed by atoms with Crippen molar-refractivity contribution < 1.29 is 33.8 Å². The van der Waals surface area contributed by atoms with Crippen LogP contribution in [0.4, 0.5) is 4.79 Å². The highest BCUT2D eigenvalue weighted by atomic mass is 16.6. The fraction of sp³-hybridized carbons (Fsp3) is 0.593. The highest BCUT2D eigenvalue weighted by molar-refractivity contribution is 5.93. The van der Waals surface area contributed by atoms with Crippen LogP contribution in [0.3, 0.4) is 0 Å². The number of ether oxygens (including phenoxy) is 1. The first-order valence-corrected chi connectivity index (χ1v) is 12.7. The third-order valence-electron chi connectivity index (χ3n) is 5.39.